The van der Waals surface area contributed by atoms with Crippen LogP contribution in [0.5, 0.6) is 0 Å². The van der Waals surface area contributed by atoms with E-state index < -0.39 is 4.92 Å². The average Bonchev–Trinajstić information content (AvgIpc) is 2.67. The lowest BCUT2D eigenvalue weighted by molar-refractivity contribution is -0.384. The Morgan fingerprint density at radius 3 is 2.78 bits per heavy atom. The van der Waals surface area contributed by atoms with Crippen LogP contribution in [0.3, 0.4) is 0 Å². The normalized spacial score (nSPS) is 19.4. The Labute approximate surface area is 155 Å². The maximum Gasteiger partial charge on any atom is 0.329 e. The molecule has 2 heterocycles. The molecule has 0 amide bonds. The van der Waals surface area contributed by atoms with Gasteiger partial charge in [-0.3, -0.25) is 14.9 Å². The number of rotatable bonds is 7. The number of aromatic nitrogens is 3. The van der Waals surface area contributed by atoms with Gasteiger partial charge in [-0.2, -0.15) is 4.98 Å². The summed E-state index contributed by atoms with van der Waals surface area (Å²) in [5.74, 6) is 0.810. The first-order chi connectivity index (χ1) is 13.0. The third-order valence-electron chi connectivity index (χ3n) is 4.75. The van der Waals surface area contributed by atoms with Crippen LogP contribution in [0.15, 0.2) is 29.3 Å². The monoisotopic (exact) mass is 373 g/mol. The van der Waals surface area contributed by atoms with Gasteiger partial charge in [0.05, 0.1) is 4.92 Å². The number of pyridine rings is 1. The molecule has 144 valence electrons. The Kier molecular flexibility index (Phi) is 5.97. The Balaban J connectivity index is 1.67. The van der Waals surface area contributed by atoms with E-state index >= 15 is 0 Å². The Bertz CT molecular complexity index is 846. The molecule has 1 saturated carbocycles. The highest BCUT2D eigenvalue weighted by atomic mass is 16.6. The zero-order valence-electron chi connectivity index (χ0n) is 14.9. The van der Waals surface area contributed by atoms with E-state index in [9.17, 15) is 14.9 Å². The number of nitrogens with two attached hydrogens (primary N) is 1. The van der Waals surface area contributed by atoms with Crippen molar-refractivity contribution in [1.82, 2.24) is 15.0 Å². The molecule has 0 aromatic carbocycles. The van der Waals surface area contributed by atoms with Crippen LogP contribution in [0, 0.1) is 16.0 Å². The minimum Gasteiger partial charge on any atom is -0.364 e. The molecule has 1 aliphatic rings. The number of anilines is 2. The molecular formula is C17H23N7O3. The smallest absolute Gasteiger partial charge is 0.329 e. The van der Waals surface area contributed by atoms with E-state index in [0.717, 1.165) is 25.7 Å². The van der Waals surface area contributed by atoms with Crippen molar-refractivity contribution in [2.75, 3.05) is 17.2 Å². The molecule has 10 heteroatoms. The zero-order valence-corrected chi connectivity index (χ0v) is 14.9. The fourth-order valence-corrected chi connectivity index (χ4v) is 3.13. The molecule has 27 heavy (non-hydrogen) atoms. The van der Waals surface area contributed by atoms with Gasteiger partial charge in [0.1, 0.15) is 6.20 Å². The first-order valence-corrected chi connectivity index (χ1v) is 8.94. The quantitative estimate of drug-likeness (QED) is 0.422. The van der Waals surface area contributed by atoms with Crippen molar-refractivity contribution in [3.63, 3.8) is 0 Å². The molecule has 3 rings (SSSR count). The van der Waals surface area contributed by atoms with Crippen LogP contribution in [0.1, 0.15) is 31.2 Å². The molecule has 2 aromatic heterocycles. The summed E-state index contributed by atoms with van der Waals surface area (Å²) in [5.41, 5.74) is 6.05. The van der Waals surface area contributed by atoms with E-state index in [1.54, 1.807) is 18.3 Å². The summed E-state index contributed by atoms with van der Waals surface area (Å²) in [7, 11) is 0. The van der Waals surface area contributed by atoms with Gasteiger partial charge in [-0.1, -0.05) is 6.07 Å². The predicted molar refractivity (Wildman–Crippen MR) is 101 cm³/mol. The van der Waals surface area contributed by atoms with E-state index in [0.29, 0.717) is 18.0 Å². The second-order valence-corrected chi connectivity index (χ2v) is 6.72. The highest BCUT2D eigenvalue weighted by molar-refractivity contribution is 5.57. The van der Waals surface area contributed by atoms with Crippen LogP contribution in [-0.4, -0.2) is 32.5 Å². The molecule has 1 aliphatic carbocycles. The van der Waals surface area contributed by atoms with Crippen molar-refractivity contribution in [1.29, 1.82) is 0 Å². The van der Waals surface area contributed by atoms with Crippen molar-refractivity contribution in [2.45, 2.75) is 38.3 Å². The second-order valence-electron chi connectivity index (χ2n) is 6.72. The fraction of sp³-hybridized carbons (Fsp3) is 0.471. The number of H-pyrrole nitrogens is 1. The molecule has 0 bridgehead atoms. The van der Waals surface area contributed by atoms with Crippen LogP contribution in [-0.2, 0) is 6.54 Å². The van der Waals surface area contributed by atoms with E-state index in [2.05, 4.69) is 25.6 Å². The van der Waals surface area contributed by atoms with Crippen molar-refractivity contribution in [2.24, 2.45) is 11.7 Å². The number of hydrogen-bond acceptors (Lipinski definition) is 8. The van der Waals surface area contributed by atoms with Crippen LogP contribution >= 0.6 is 0 Å². The predicted octanol–water partition coefficient (Wildman–Crippen LogP) is 1.61. The van der Waals surface area contributed by atoms with Gasteiger partial charge in [0, 0.05) is 30.9 Å². The first-order valence-electron chi connectivity index (χ1n) is 8.94. The number of hydrogen-bond donors (Lipinski definition) is 4. The summed E-state index contributed by atoms with van der Waals surface area (Å²) < 4.78 is 0. The molecule has 2 aromatic rings. The van der Waals surface area contributed by atoms with Gasteiger partial charge in [0.15, 0.2) is 0 Å². The Morgan fingerprint density at radius 1 is 1.30 bits per heavy atom. The molecule has 10 nitrogen and oxygen atoms in total. The van der Waals surface area contributed by atoms with Gasteiger partial charge in [0.25, 0.3) is 5.56 Å². The summed E-state index contributed by atoms with van der Waals surface area (Å²) in [6.45, 7) is 0.816. The van der Waals surface area contributed by atoms with Crippen LogP contribution in [0.4, 0.5) is 17.5 Å². The Hall–Kier alpha value is -3.01. The van der Waals surface area contributed by atoms with Gasteiger partial charge >= 0.3 is 5.69 Å². The number of aromatic amines is 1. The van der Waals surface area contributed by atoms with Crippen molar-refractivity contribution >= 4 is 17.5 Å². The van der Waals surface area contributed by atoms with Crippen LogP contribution in [0.25, 0.3) is 0 Å². The molecular weight excluding hydrogens is 350 g/mol. The van der Waals surface area contributed by atoms with Gasteiger partial charge in [-0.05, 0) is 37.7 Å². The van der Waals surface area contributed by atoms with Crippen LogP contribution in [0.2, 0.25) is 0 Å². The molecule has 0 unspecified atom stereocenters. The molecule has 1 fully saturated rings. The standard InChI is InChI=1S/C17H23N7O3/c18-13-5-3-11(4-6-13)8-20-15-14(24(26)27)10-22-17(23-15)21-9-12-2-1-7-19-16(12)25/h1-2,7,10-11,13H,3-6,8-9,18H2,(H,19,25)(H2,20,21,22,23)/t11-,13-. The van der Waals surface area contributed by atoms with Crippen molar-refractivity contribution in [3.8, 4) is 0 Å². The van der Waals surface area contributed by atoms with E-state index in [-0.39, 0.29) is 35.6 Å². The van der Waals surface area contributed by atoms with Crippen molar-refractivity contribution < 1.29 is 4.92 Å². The first kappa shape index (κ1) is 18.8. The zero-order chi connectivity index (χ0) is 19.2. The molecule has 0 aliphatic heterocycles. The topological polar surface area (TPSA) is 152 Å². The summed E-state index contributed by atoms with van der Waals surface area (Å²) >= 11 is 0. The van der Waals surface area contributed by atoms with Crippen LogP contribution < -0.4 is 21.9 Å². The molecule has 0 saturated heterocycles. The summed E-state index contributed by atoms with van der Waals surface area (Å²) in [6.07, 6.45) is 6.65. The maximum absolute atomic E-state index is 11.7. The third-order valence-corrected chi connectivity index (χ3v) is 4.75. The lowest BCUT2D eigenvalue weighted by Gasteiger charge is -2.26. The molecule has 5 N–H and O–H groups in total. The minimum absolute atomic E-state index is 0.175. The van der Waals surface area contributed by atoms with Gasteiger partial charge < -0.3 is 21.4 Å². The Morgan fingerprint density at radius 2 is 2.07 bits per heavy atom. The van der Waals surface area contributed by atoms with E-state index in [4.69, 9.17) is 5.73 Å². The lowest BCUT2D eigenvalue weighted by atomic mass is 9.86. The second kappa shape index (κ2) is 8.58. The summed E-state index contributed by atoms with van der Waals surface area (Å²) in [6, 6.07) is 3.66. The number of nitrogens with zero attached hydrogens (tertiary/aromatic N) is 3. The van der Waals surface area contributed by atoms with Gasteiger partial charge in [0.2, 0.25) is 11.8 Å². The third kappa shape index (κ3) is 5.00. The van der Waals surface area contributed by atoms with Crippen molar-refractivity contribution in [3.05, 3.63) is 50.6 Å². The highest BCUT2D eigenvalue weighted by Gasteiger charge is 2.21. The van der Waals surface area contributed by atoms with E-state index in [1.807, 2.05) is 0 Å². The van der Waals surface area contributed by atoms with Gasteiger partial charge in [-0.15, -0.1) is 0 Å². The van der Waals surface area contributed by atoms with E-state index in [1.165, 1.54) is 6.20 Å². The molecule has 0 radical (unpaired) electrons. The SMILES string of the molecule is N[C@H]1CC[C@H](CNc2nc(NCc3ccc[nH]c3=O)ncc2[N+](=O)[O-])CC1. The fourth-order valence-electron chi connectivity index (χ4n) is 3.13. The highest BCUT2D eigenvalue weighted by Crippen LogP contribution is 2.26. The maximum atomic E-state index is 11.7. The lowest BCUT2D eigenvalue weighted by Crippen LogP contribution is -2.29. The average molecular weight is 373 g/mol. The number of nitro groups is 1. The summed E-state index contributed by atoms with van der Waals surface area (Å²) in [4.78, 5) is 33.2. The minimum atomic E-state index is -0.509. The van der Waals surface area contributed by atoms with Gasteiger partial charge in [-0.25, -0.2) is 4.98 Å². The largest absolute Gasteiger partial charge is 0.364 e. The molecule has 0 atom stereocenters. The summed E-state index contributed by atoms with van der Waals surface area (Å²) in [5, 5.41) is 17.3. The molecule has 0 spiro atoms. The number of nitrogens with one attached hydrogen (secondary N) is 3.